The topological polar surface area (TPSA) is 59.9 Å². The molecule has 0 bridgehead atoms. The lowest BCUT2D eigenvalue weighted by Gasteiger charge is -2.09. The van der Waals surface area contributed by atoms with E-state index < -0.39 is 0 Å². The lowest BCUT2D eigenvalue weighted by molar-refractivity contribution is -0.115. The van der Waals surface area contributed by atoms with Gasteiger partial charge in [0.1, 0.15) is 11.5 Å². The summed E-state index contributed by atoms with van der Waals surface area (Å²) in [7, 11) is 3.17. The van der Waals surface area contributed by atoms with Gasteiger partial charge in [-0.3, -0.25) is 4.79 Å². The number of carbonyl (C=O) groups is 1. The molecule has 0 radical (unpaired) electrons. The highest BCUT2D eigenvalue weighted by Gasteiger charge is 2.20. The first-order valence-corrected chi connectivity index (χ1v) is 8.04. The molecular weight excluding hydrogens is 340 g/mol. The highest BCUT2D eigenvalue weighted by molar-refractivity contribution is 6.30. The maximum atomic E-state index is 12.1. The van der Waals surface area contributed by atoms with Gasteiger partial charge in [0.2, 0.25) is 0 Å². The quantitative estimate of drug-likeness (QED) is 0.834. The van der Waals surface area contributed by atoms with Crippen LogP contribution in [0.15, 0.2) is 53.2 Å². The molecule has 2 aromatic rings. The second-order valence-electron chi connectivity index (χ2n) is 5.46. The van der Waals surface area contributed by atoms with E-state index >= 15 is 0 Å². The first-order chi connectivity index (χ1) is 12.1. The van der Waals surface area contributed by atoms with Crippen molar-refractivity contribution in [3.8, 4) is 11.5 Å². The van der Waals surface area contributed by atoms with E-state index in [1.807, 2.05) is 30.3 Å². The van der Waals surface area contributed by atoms with Crippen molar-refractivity contribution < 1.29 is 14.3 Å². The molecule has 128 valence electrons. The number of nitrogens with one attached hydrogen (secondary N) is 1. The number of benzene rings is 2. The van der Waals surface area contributed by atoms with Crippen molar-refractivity contribution in [1.82, 2.24) is 5.32 Å². The zero-order valence-electron chi connectivity index (χ0n) is 13.9. The zero-order chi connectivity index (χ0) is 17.8. The van der Waals surface area contributed by atoms with Crippen LogP contribution in [0.3, 0.4) is 0 Å². The van der Waals surface area contributed by atoms with E-state index in [2.05, 4.69) is 10.3 Å². The van der Waals surface area contributed by atoms with Crippen LogP contribution in [0.1, 0.15) is 11.1 Å². The number of aliphatic imine (C=N–C) groups is 1. The number of nitrogens with zero attached hydrogens (tertiary/aromatic N) is 1. The second-order valence-corrected chi connectivity index (χ2v) is 5.90. The molecule has 1 amide bonds. The molecule has 3 rings (SSSR count). The number of ether oxygens (including phenoxy) is 2. The van der Waals surface area contributed by atoms with Crippen molar-refractivity contribution in [1.29, 1.82) is 0 Å². The number of halogens is 1. The van der Waals surface area contributed by atoms with Gasteiger partial charge in [0, 0.05) is 11.4 Å². The van der Waals surface area contributed by atoms with Crippen LogP contribution in [0.4, 0.5) is 0 Å². The predicted molar refractivity (Wildman–Crippen MR) is 98.3 cm³/mol. The molecule has 0 fully saturated rings. The van der Waals surface area contributed by atoms with Crippen molar-refractivity contribution in [2.75, 3.05) is 14.2 Å². The van der Waals surface area contributed by atoms with Crippen molar-refractivity contribution in [2.24, 2.45) is 4.99 Å². The van der Waals surface area contributed by atoms with E-state index in [0.29, 0.717) is 34.5 Å². The first kappa shape index (κ1) is 17.0. The molecule has 0 spiro atoms. The molecule has 0 saturated carbocycles. The minimum Gasteiger partial charge on any atom is -0.493 e. The van der Waals surface area contributed by atoms with Gasteiger partial charge >= 0.3 is 0 Å². The third kappa shape index (κ3) is 4.00. The normalized spacial score (nSPS) is 15.1. The maximum Gasteiger partial charge on any atom is 0.275 e. The summed E-state index contributed by atoms with van der Waals surface area (Å²) in [6, 6.07) is 12.9. The molecule has 1 aliphatic heterocycles. The molecule has 2 aromatic carbocycles. The van der Waals surface area contributed by atoms with E-state index in [0.717, 1.165) is 11.1 Å². The molecule has 5 nitrogen and oxygen atoms in total. The average molecular weight is 357 g/mol. The Morgan fingerprint density at radius 3 is 2.64 bits per heavy atom. The van der Waals surface area contributed by atoms with Crippen molar-refractivity contribution >= 4 is 29.4 Å². The monoisotopic (exact) mass is 356 g/mol. The van der Waals surface area contributed by atoms with Crippen LogP contribution in [-0.4, -0.2) is 26.0 Å². The number of rotatable bonds is 5. The molecule has 0 atom stereocenters. The molecule has 0 aliphatic carbocycles. The van der Waals surface area contributed by atoms with Gasteiger partial charge in [-0.1, -0.05) is 29.8 Å². The number of carbonyl (C=O) groups excluding carboxylic acids is 1. The lowest BCUT2D eigenvalue weighted by atomic mass is 10.1. The fraction of sp³-hybridized carbons (Fsp3) is 0.158. The van der Waals surface area contributed by atoms with Crippen molar-refractivity contribution in [3.05, 3.63) is 64.3 Å². The van der Waals surface area contributed by atoms with Crippen molar-refractivity contribution in [3.63, 3.8) is 0 Å². The Morgan fingerprint density at radius 1 is 1.12 bits per heavy atom. The summed E-state index contributed by atoms with van der Waals surface area (Å²) >= 11 is 5.97. The number of hydrogen-bond acceptors (Lipinski definition) is 4. The Bertz CT molecular complexity index is 875. The molecule has 0 aromatic heterocycles. The van der Waals surface area contributed by atoms with Crippen LogP contribution >= 0.6 is 11.6 Å². The Kier molecular flexibility index (Phi) is 5.05. The Hall–Kier alpha value is -2.79. The van der Waals surface area contributed by atoms with Gasteiger partial charge in [-0.15, -0.1) is 0 Å². The summed E-state index contributed by atoms with van der Waals surface area (Å²) in [5, 5.41) is 3.40. The van der Waals surface area contributed by atoms with Crippen LogP contribution in [0, 0.1) is 0 Å². The van der Waals surface area contributed by atoms with E-state index in [-0.39, 0.29) is 5.91 Å². The van der Waals surface area contributed by atoms with E-state index in [1.165, 1.54) is 0 Å². The minimum absolute atomic E-state index is 0.226. The fourth-order valence-corrected chi connectivity index (χ4v) is 2.74. The smallest absolute Gasteiger partial charge is 0.275 e. The largest absolute Gasteiger partial charge is 0.493 e. The highest BCUT2D eigenvalue weighted by Crippen LogP contribution is 2.28. The number of hydrogen-bond donors (Lipinski definition) is 1. The maximum absolute atomic E-state index is 12.1. The first-order valence-electron chi connectivity index (χ1n) is 7.66. The Morgan fingerprint density at radius 2 is 1.92 bits per heavy atom. The summed E-state index contributed by atoms with van der Waals surface area (Å²) in [5.41, 5.74) is 2.15. The van der Waals surface area contributed by atoms with Gasteiger partial charge in [0.05, 0.1) is 14.2 Å². The van der Waals surface area contributed by atoms with Crippen LogP contribution in [0.2, 0.25) is 5.02 Å². The molecule has 1 heterocycles. The second kappa shape index (κ2) is 7.40. The Balaban J connectivity index is 1.81. The number of amides is 1. The fourth-order valence-electron chi connectivity index (χ4n) is 2.54. The summed E-state index contributed by atoms with van der Waals surface area (Å²) in [6.07, 6.45) is 2.20. The summed E-state index contributed by atoms with van der Waals surface area (Å²) < 4.78 is 10.5. The van der Waals surface area contributed by atoms with E-state index in [4.69, 9.17) is 21.1 Å². The molecule has 0 unspecified atom stereocenters. The highest BCUT2D eigenvalue weighted by atomic mass is 35.5. The van der Waals surface area contributed by atoms with Crippen LogP contribution < -0.4 is 14.8 Å². The number of methoxy groups -OCH3 is 2. The summed E-state index contributed by atoms with van der Waals surface area (Å²) in [4.78, 5) is 16.5. The summed E-state index contributed by atoms with van der Waals surface area (Å²) in [6.45, 7) is 0. The third-order valence-electron chi connectivity index (χ3n) is 3.72. The van der Waals surface area contributed by atoms with Gasteiger partial charge in [-0.25, -0.2) is 4.99 Å². The van der Waals surface area contributed by atoms with Crippen LogP contribution in [-0.2, 0) is 11.2 Å². The molecule has 6 heteroatoms. The standard InChI is InChI=1S/C19H17ClN2O3/c1-24-16-7-6-13(10-17(16)25-2)11-18-21-15(19(23)22-18)9-12-4-3-5-14(20)8-12/h3-10H,11H2,1-2H3,(H,21,22,23)/b15-9+. The predicted octanol–water partition coefficient (Wildman–Crippen LogP) is 3.47. The van der Waals surface area contributed by atoms with Gasteiger partial charge in [-0.2, -0.15) is 0 Å². The van der Waals surface area contributed by atoms with E-state index in [1.54, 1.807) is 32.4 Å². The molecule has 1 aliphatic rings. The molecule has 25 heavy (non-hydrogen) atoms. The van der Waals surface area contributed by atoms with Gasteiger partial charge < -0.3 is 14.8 Å². The molecule has 0 saturated heterocycles. The summed E-state index contributed by atoms with van der Waals surface area (Å²) in [5.74, 6) is 1.66. The zero-order valence-corrected chi connectivity index (χ0v) is 14.6. The third-order valence-corrected chi connectivity index (χ3v) is 3.95. The SMILES string of the molecule is COc1ccc(CC2=N/C(=C/c3cccc(Cl)c3)C(=O)N2)cc1OC. The van der Waals surface area contributed by atoms with Gasteiger partial charge in [0.25, 0.3) is 5.91 Å². The van der Waals surface area contributed by atoms with E-state index in [9.17, 15) is 4.79 Å². The van der Waals surface area contributed by atoms with Crippen molar-refractivity contribution in [2.45, 2.75) is 6.42 Å². The Labute approximate surface area is 150 Å². The van der Waals surface area contributed by atoms with Crippen LogP contribution in [0.25, 0.3) is 6.08 Å². The number of amidine groups is 1. The molecule has 1 N–H and O–H groups in total. The lowest BCUT2D eigenvalue weighted by Crippen LogP contribution is -2.25. The molecular formula is C19H17ClN2O3. The average Bonchev–Trinajstić information content (AvgIpc) is 2.94. The van der Waals surface area contributed by atoms with Gasteiger partial charge in [-0.05, 0) is 41.5 Å². The van der Waals surface area contributed by atoms with Crippen LogP contribution in [0.5, 0.6) is 11.5 Å². The minimum atomic E-state index is -0.226. The van der Waals surface area contributed by atoms with Gasteiger partial charge in [0.15, 0.2) is 11.5 Å².